The summed E-state index contributed by atoms with van der Waals surface area (Å²) in [5.41, 5.74) is 0.707. The lowest BCUT2D eigenvalue weighted by Crippen LogP contribution is -2.33. The summed E-state index contributed by atoms with van der Waals surface area (Å²) in [5.74, 6) is 0.939. The minimum atomic E-state index is -0.169. The summed E-state index contributed by atoms with van der Waals surface area (Å²) in [4.78, 5) is 4.36. The molecular formula is C12H11BrClN3O2. The highest BCUT2D eigenvalue weighted by Gasteiger charge is 2.22. The average molecular weight is 345 g/mol. The molecule has 0 aliphatic carbocycles. The molecule has 0 radical (unpaired) electrons. The van der Waals surface area contributed by atoms with Crippen molar-refractivity contribution < 1.29 is 9.26 Å². The first-order chi connectivity index (χ1) is 9.24. The predicted molar refractivity (Wildman–Crippen MR) is 74.0 cm³/mol. The highest BCUT2D eigenvalue weighted by Crippen LogP contribution is 2.30. The van der Waals surface area contributed by atoms with Crippen LogP contribution in [0.3, 0.4) is 0 Å². The number of ether oxygens (including phenoxy) is 1. The molecule has 0 saturated carbocycles. The third kappa shape index (κ3) is 2.81. The monoisotopic (exact) mass is 343 g/mol. The number of morpholine rings is 1. The number of nitrogens with zero attached hydrogens (tertiary/aromatic N) is 2. The van der Waals surface area contributed by atoms with Gasteiger partial charge in [0.15, 0.2) is 0 Å². The van der Waals surface area contributed by atoms with Crippen molar-refractivity contribution in [3.63, 3.8) is 0 Å². The van der Waals surface area contributed by atoms with Crippen LogP contribution in [-0.2, 0) is 4.74 Å². The number of rotatable bonds is 2. The second kappa shape index (κ2) is 5.58. The maximum Gasteiger partial charge on any atom is 0.259 e. The van der Waals surface area contributed by atoms with E-state index in [0.29, 0.717) is 35.5 Å². The lowest BCUT2D eigenvalue weighted by Gasteiger charge is -2.20. The van der Waals surface area contributed by atoms with Crippen molar-refractivity contribution in [3.05, 3.63) is 33.5 Å². The molecule has 1 aliphatic rings. The molecule has 1 unspecified atom stereocenters. The molecule has 5 nitrogen and oxygen atoms in total. The number of benzene rings is 1. The van der Waals surface area contributed by atoms with Gasteiger partial charge in [-0.3, -0.25) is 0 Å². The van der Waals surface area contributed by atoms with Crippen LogP contribution >= 0.6 is 27.5 Å². The van der Waals surface area contributed by atoms with E-state index in [2.05, 4.69) is 31.4 Å². The van der Waals surface area contributed by atoms with Crippen molar-refractivity contribution in [3.8, 4) is 11.5 Å². The SMILES string of the molecule is Clc1ccc(Br)cc1-c1nc(C2CNCCO2)no1. The number of aromatic nitrogens is 2. The van der Waals surface area contributed by atoms with E-state index in [1.54, 1.807) is 6.07 Å². The van der Waals surface area contributed by atoms with E-state index in [0.717, 1.165) is 11.0 Å². The molecule has 0 amide bonds. The second-order valence-corrected chi connectivity index (χ2v) is 5.47. The summed E-state index contributed by atoms with van der Waals surface area (Å²) in [6, 6.07) is 5.49. The minimum Gasteiger partial charge on any atom is -0.367 e. The maximum atomic E-state index is 6.13. The van der Waals surface area contributed by atoms with Gasteiger partial charge in [-0.25, -0.2) is 0 Å². The molecule has 2 heterocycles. The van der Waals surface area contributed by atoms with Crippen molar-refractivity contribution >= 4 is 27.5 Å². The molecule has 0 spiro atoms. The summed E-state index contributed by atoms with van der Waals surface area (Å²) >= 11 is 9.53. The first-order valence-corrected chi connectivity index (χ1v) is 7.02. The average Bonchev–Trinajstić information content (AvgIpc) is 2.92. The lowest BCUT2D eigenvalue weighted by atomic mass is 10.2. The third-order valence-electron chi connectivity index (χ3n) is 2.82. The molecule has 0 bridgehead atoms. The van der Waals surface area contributed by atoms with Gasteiger partial charge in [0.25, 0.3) is 5.89 Å². The molecule has 1 saturated heterocycles. The molecule has 1 atom stereocenters. The minimum absolute atomic E-state index is 0.169. The Labute approximate surface area is 123 Å². The van der Waals surface area contributed by atoms with E-state index in [1.165, 1.54) is 0 Å². The molecule has 100 valence electrons. The highest BCUT2D eigenvalue weighted by molar-refractivity contribution is 9.10. The summed E-state index contributed by atoms with van der Waals surface area (Å²) in [6.45, 7) is 2.18. The Morgan fingerprint density at radius 3 is 3.11 bits per heavy atom. The van der Waals surface area contributed by atoms with Gasteiger partial charge in [-0.1, -0.05) is 32.7 Å². The topological polar surface area (TPSA) is 60.2 Å². The third-order valence-corrected chi connectivity index (χ3v) is 3.64. The Bertz CT molecular complexity index is 584. The van der Waals surface area contributed by atoms with E-state index in [9.17, 15) is 0 Å². The molecule has 1 N–H and O–H groups in total. The Kier molecular flexibility index (Phi) is 3.83. The van der Waals surface area contributed by atoms with Crippen molar-refractivity contribution in [1.82, 2.24) is 15.5 Å². The molecule has 1 fully saturated rings. The molecule has 2 aromatic rings. The van der Waals surface area contributed by atoms with E-state index >= 15 is 0 Å². The zero-order valence-corrected chi connectivity index (χ0v) is 12.2. The number of hydrogen-bond acceptors (Lipinski definition) is 5. The van der Waals surface area contributed by atoms with E-state index in [-0.39, 0.29) is 6.10 Å². The van der Waals surface area contributed by atoms with Crippen LogP contribution in [0.15, 0.2) is 27.2 Å². The number of halogens is 2. The molecule has 3 rings (SSSR count). The molecule has 1 aromatic carbocycles. The van der Waals surface area contributed by atoms with Crippen LogP contribution < -0.4 is 5.32 Å². The van der Waals surface area contributed by atoms with Crippen LogP contribution in [0.2, 0.25) is 5.02 Å². The number of hydrogen-bond donors (Lipinski definition) is 1. The van der Waals surface area contributed by atoms with Gasteiger partial charge in [-0.2, -0.15) is 4.98 Å². The van der Waals surface area contributed by atoms with Gasteiger partial charge in [0, 0.05) is 17.6 Å². The van der Waals surface area contributed by atoms with Crippen LogP contribution in [0.25, 0.3) is 11.5 Å². The molecular weight excluding hydrogens is 334 g/mol. The van der Waals surface area contributed by atoms with Crippen molar-refractivity contribution in [2.75, 3.05) is 19.7 Å². The fraction of sp³-hybridized carbons (Fsp3) is 0.333. The number of nitrogens with one attached hydrogen (secondary N) is 1. The normalized spacial score (nSPS) is 19.6. The highest BCUT2D eigenvalue weighted by atomic mass is 79.9. The largest absolute Gasteiger partial charge is 0.367 e. The van der Waals surface area contributed by atoms with Crippen LogP contribution in [0.4, 0.5) is 0 Å². The van der Waals surface area contributed by atoms with Crippen LogP contribution in [-0.4, -0.2) is 29.8 Å². The summed E-state index contributed by atoms with van der Waals surface area (Å²) in [6.07, 6.45) is -0.169. The van der Waals surface area contributed by atoms with E-state index < -0.39 is 0 Å². The van der Waals surface area contributed by atoms with Gasteiger partial charge in [-0.15, -0.1) is 0 Å². The van der Waals surface area contributed by atoms with E-state index in [1.807, 2.05) is 12.1 Å². The quantitative estimate of drug-likeness (QED) is 0.908. The first-order valence-electron chi connectivity index (χ1n) is 5.85. The predicted octanol–water partition coefficient (Wildman–Crippen LogP) is 2.81. The zero-order valence-electron chi connectivity index (χ0n) is 9.90. The van der Waals surface area contributed by atoms with Crippen molar-refractivity contribution in [2.24, 2.45) is 0 Å². The van der Waals surface area contributed by atoms with Gasteiger partial charge in [-0.05, 0) is 18.2 Å². The van der Waals surface area contributed by atoms with Gasteiger partial charge in [0.2, 0.25) is 5.82 Å². The summed E-state index contributed by atoms with van der Waals surface area (Å²) in [7, 11) is 0. The standard InChI is InChI=1S/C12H11BrClN3O2/c13-7-1-2-9(14)8(5-7)12-16-11(17-19-12)10-6-15-3-4-18-10/h1-2,5,10,15H,3-4,6H2. The van der Waals surface area contributed by atoms with Gasteiger partial charge >= 0.3 is 0 Å². The van der Waals surface area contributed by atoms with Gasteiger partial charge in [0.05, 0.1) is 17.2 Å². The molecule has 7 heteroatoms. The second-order valence-electron chi connectivity index (χ2n) is 4.15. The fourth-order valence-electron chi connectivity index (χ4n) is 1.87. The van der Waals surface area contributed by atoms with Crippen LogP contribution in [0.1, 0.15) is 11.9 Å². The lowest BCUT2D eigenvalue weighted by molar-refractivity contribution is 0.0208. The van der Waals surface area contributed by atoms with Gasteiger partial charge < -0.3 is 14.6 Å². The molecule has 1 aliphatic heterocycles. The molecule has 1 aromatic heterocycles. The zero-order chi connectivity index (χ0) is 13.2. The Balaban J connectivity index is 1.89. The first kappa shape index (κ1) is 13.1. The fourth-order valence-corrected chi connectivity index (χ4v) is 2.43. The van der Waals surface area contributed by atoms with Crippen molar-refractivity contribution in [2.45, 2.75) is 6.10 Å². The Morgan fingerprint density at radius 1 is 1.42 bits per heavy atom. The summed E-state index contributed by atoms with van der Waals surface area (Å²) in [5, 5.41) is 7.76. The Morgan fingerprint density at radius 2 is 2.32 bits per heavy atom. The maximum absolute atomic E-state index is 6.13. The molecule has 19 heavy (non-hydrogen) atoms. The van der Waals surface area contributed by atoms with Crippen molar-refractivity contribution in [1.29, 1.82) is 0 Å². The smallest absolute Gasteiger partial charge is 0.259 e. The summed E-state index contributed by atoms with van der Waals surface area (Å²) < 4.78 is 11.7. The Hall–Kier alpha value is -0.950. The van der Waals surface area contributed by atoms with E-state index in [4.69, 9.17) is 20.9 Å². The van der Waals surface area contributed by atoms with Crippen LogP contribution in [0, 0.1) is 0 Å². The van der Waals surface area contributed by atoms with Gasteiger partial charge in [0.1, 0.15) is 6.10 Å². The van der Waals surface area contributed by atoms with Crippen LogP contribution in [0.5, 0.6) is 0 Å².